The minimum atomic E-state index is -0.0112. The number of likely N-dealkylation sites (tertiary alicyclic amines) is 1. The lowest BCUT2D eigenvalue weighted by molar-refractivity contribution is -0.140. The van der Waals surface area contributed by atoms with Gasteiger partial charge in [-0.1, -0.05) is 12.8 Å². The minimum Gasteiger partial charge on any atom is -0.341 e. The smallest absolute Gasteiger partial charge is 0.239 e. The van der Waals surface area contributed by atoms with Gasteiger partial charge in [-0.3, -0.25) is 9.69 Å². The van der Waals surface area contributed by atoms with Crippen LogP contribution in [0.3, 0.4) is 0 Å². The maximum absolute atomic E-state index is 12.9. The van der Waals surface area contributed by atoms with E-state index in [2.05, 4.69) is 25.7 Å². The summed E-state index contributed by atoms with van der Waals surface area (Å²) in [5.41, 5.74) is 5.93. The number of hydrogen-bond acceptors (Lipinski definition) is 3. The van der Waals surface area contributed by atoms with E-state index < -0.39 is 0 Å². The quantitative estimate of drug-likeness (QED) is 0.865. The Morgan fingerprint density at radius 3 is 2.33 bits per heavy atom. The van der Waals surface area contributed by atoms with Gasteiger partial charge in [0.1, 0.15) is 0 Å². The average Bonchev–Trinajstić information content (AvgIpc) is 2.84. The van der Waals surface area contributed by atoms with Crippen molar-refractivity contribution in [2.75, 3.05) is 13.6 Å². The van der Waals surface area contributed by atoms with E-state index in [4.69, 9.17) is 5.73 Å². The molecule has 5 unspecified atom stereocenters. The van der Waals surface area contributed by atoms with Crippen molar-refractivity contribution in [3.63, 3.8) is 0 Å². The van der Waals surface area contributed by atoms with Gasteiger partial charge in [0.2, 0.25) is 5.91 Å². The number of carbonyl (C=O) groups is 1. The zero-order valence-electron chi connectivity index (χ0n) is 14.2. The Hall–Kier alpha value is -0.610. The van der Waals surface area contributed by atoms with Crippen LogP contribution in [-0.2, 0) is 4.79 Å². The van der Waals surface area contributed by atoms with Crippen LogP contribution in [0.5, 0.6) is 0 Å². The molecule has 122 valence electrons. The van der Waals surface area contributed by atoms with Gasteiger partial charge in [0, 0.05) is 25.2 Å². The Morgan fingerprint density at radius 2 is 1.76 bits per heavy atom. The molecule has 1 aliphatic heterocycles. The van der Waals surface area contributed by atoms with Crippen LogP contribution in [0, 0.1) is 5.92 Å². The van der Waals surface area contributed by atoms with Crippen molar-refractivity contribution in [3.8, 4) is 0 Å². The largest absolute Gasteiger partial charge is 0.341 e. The highest BCUT2D eigenvalue weighted by Gasteiger charge is 2.38. The molecule has 4 nitrogen and oxygen atoms in total. The van der Waals surface area contributed by atoms with Gasteiger partial charge in [0.15, 0.2) is 0 Å². The van der Waals surface area contributed by atoms with Crippen LogP contribution in [0.4, 0.5) is 0 Å². The molecule has 1 saturated carbocycles. The fraction of sp³-hybridized carbons (Fsp3) is 0.941. The van der Waals surface area contributed by atoms with Crippen molar-refractivity contribution in [3.05, 3.63) is 0 Å². The van der Waals surface area contributed by atoms with E-state index in [1.54, 1.807) is 0 Å². The van der Waals surface area contributed by atoms with Gasteiger partial charge in [-0.05, 0) is 58.9 Å². The number of nitrogens with zero attached hydrogens (tertiary/aromatic N) is 2. The highest BCUT2D eigenvalue weighted by atomic mass is 16.2. The van der Waals surface area contributed by atoms with Crippen molar-refractivity contribution in [1.82, 2.24) is 9.80 Å². The number of hydrogen-bond donors (Lipinski definition) is 1. The minimum absolute atomic E-state index is 0.0112. The van der Waals surface area contributed by atoms with E-state index in [1.807, 2.05) is 11.9 Å². The third-order valence-corrected chi connectivity index (χ3v) is 5.84. The summed E-state index contributed by atoms with van der Waals surface area (Å²) in [4.78, 5) is 17.3. The standard InChI is InChI=1S/C17H33N3O/c1-12-9-10-13(2)20(12)14(3)17(21)19(4)16-8-6-5-7-15(16)11-18/h12-16H,5-11,18H2,1-4H3. The van der Waals surface area contributed by atoms with Crippen LogP contribution < -0.4 is 5.73 Å². The Bertz CT molecular complexity index is 350. The fourth-order valence-corrected chi connectivity index (χ4v) is 4.54. The molecule has 21 heavy (non-hydrogen) atoms. The van der Waals surface area contributed by atoms with Crippen LogP contribution in [0.15, 0.2) is 0 Å². The summed E-state index contributed by atoms with van der Waals surface area (Å²) in [6.45, 7) is 7.28. The van der Waals surface area contributed by atoms with Crippen molar-refractivity contribution in [2.24, 2.45) is 11.7 Å². The third-order valence-electron chi connectivity index (χ3n) is 5.84. The molecule has 4 heteroatoms. The van der Waals surface area contributed by atoms with Crippen LogP contribution >= 0.6 is 0 Å². The zero-order chi connectivity index (χ0) is 15.6. The molecule has 0 aromatic rings. The van der Waals surface area contributed by atoms with Gasteiger partial charge >= 0.3 is 0 Å². The molecule has 0 radical (unpaired) electrons. The molecular formula is C17H33N3O. The number of likely N-dealkylation sites (N-methyl/N-ethyl adjacent to an activating group) is 1. The Labute approximate surface area is 130 Å². The van der Waals surface area contributed by atoms with E-state index in [0.717, 1.165) is 6.42 Å². The number of carbonyl (C=O) groups excluding carboxylic acids is 1. The maximum atomic E-state index is 12.9. The average molecular weight is 295 g/mol. The lowest BCUT2D eigenvalue weighted by Gasteiger charge is -2.41. The van der Waals surface area contributed by atoms with Gasteiger partial charge in [-0.2, -0.15) is 0 Å². The molecule has 2 rings (SSSR count). The van der Waals surface area contributed by atoms with Crippen LogP contribution in [-0.4, -0.2) is 53.5 Å². The molecule has 5 atom stereocenters. The predicted octanol–water partition coefficient (Wildman–Crippen LogP) is 2.22. The van der Waals surface area contributed by atoms with Gasteiger partial charge in [-0.25, -0.2) is 0 Å². The second-order valence-corrected chi connectivity index (χ2v) is 7.20. The molecule has 2 fully saturated rings. The Balaban J connectivity index is 2.03. The van der Waals surface area contributed by atoms with Crippen molar-refractivity contribution >= 4 is 5.91 Å². The molecule has 2 aliphatic rings. The predicted molar refractivity (Wildman–Crippen MR) is 87.0 cm³/mol. The molecule has 1 amide bonds. The summed E-state index contributed by atoms with van der Waals surface area (Å²) in [7, 11) is 1.99. The molecule has 1 heterocycles. The van der Waals surface area contributed by atoms with Gasteiger partial charge in [-0.15, -0.1) is 0 Å². The van der Waals surface area contributed by atoms with Crippen molar-refractivity contribution < 1.29 is 4.79 Å². The monoisotopic (exact) mass is 295 g/mol. The summed E-state index contributed by atoms with van der Waals surface area (Å²) >= 11 is 0. The highest BCUT2D eigenvalue weighted by molar-refractivity contribution is 5.81. The summed E-state index contributed by atoms with van der Waals surface area (Å²) in [5, 5.41) is 0. The van der Waals surface area contributed by atoms with E-state index >= 15 is 0 Å². The Kier molecular flexibility index (Phi) is 5.67. The van der Waals surface area contributed by atoms with Crippen LogP contribution in [0.2, 0.25) is 0 Å². The van der Waals surface area contributed by atoms with E-state index in [0.29, 0.717) is 30.6 Å². The topological polar surface area (TPSA) is 49.6 Å². The zero-order valence-corrected chi connectivity index (χ0v) is 14.2. The molecule has 2 N–H and O–H groups in total. The second kappa shape index (κ2) is 7.10. The highest BCUT2D eigenvalue weighted by Crippen LogP contribution is 2.30. The van der Waals surface area contributed by atoms with Crippen molar-refractivity contribution in [2.45, 2.75) is 83.5 Å². The fourth-order valence-electron chi connectivity index (χ4n) is 4.54. The molecule has 0 aromatic carbocycles. The second-order valence-electron chi connectivity index (χ2n) is 7.20. The third kappa shape index (κ3) is 3.42. The lowest BCUT2D eigenvalue weighted by atomic mass is 9.83. The van der Waals surface area contributed by atoms with Crippen molar-refractivity contribution in [1.29, 1.82) is 0 Å². The van der Waals surface area contributed by atoms with Gasteiger partial charge in [0.05, 0.1) is 6.04 Å². The molecule has 0 aromatic heterocycles. The number of amides is 1. The summed E-state index contributed by atoms with van der Waals surface area (Å²) in [6.07, 6.45) is 7.18. The first-order valence-electron chi connectivity index (χ1n) is 8.71. The SMILES string of the molecule is CC1CCC(C)N1C(C)C(=O)N(C)C1CCCCC1CN. The molecule has 0 spiro atoms. The van der Waals surface area contributed by atoms with E-state index in [-0.39, 0.29) is 11.9 Å². The molecular weight excluding hydrogens is 262 g/mol. The molecule has 1 aliphatic carbocycles. The van der Waals surface area contributed by atoms with E-state index in [1.165, 1.54) is 32.1 Å². The first-order valence-corrected chi connectivity index (χ1v) is 8.71. The first kappa shape index (κ1) is 16.8. The van der Waals surface area contributed by atoms with E-state index in [9.17, 15) is 4.79 Å². The lowest BCUT2D eigenvalue weighted by Crippen LogP contribution is -2.54. The normalized spacial score (nSPS) is 35.7. The number of nitrogens with two attached hydrogens (primary N) is 1. The summed E-state index contributed by atoms with van der Waals surface area (Å²) < 4.78 is 0. The first-order chi connectivity index (χ1) is 9.97. The Morgan fingerprint density at radius 1 is 1.19 bits per heavy atom. The van der Waals surface area contributed by atoms with Crippen LogP contribution in [0.25, 0.3) is 0 Å². The summed E-state index contributed by atoms with van der Waals surface area (Å²) in [5.74, 6) is 0.759. The summed E-state index contributed by atoms with van der Waals surface area (Å²) in [6, 6.07) is 1.36. The van der Waals surface area contributed by atoms with Gasteiger partial charge in [0.25, 0.3) is 0 Å². The molecule has 1 saturated heterocycles. The molecule has 0 bridgehead atoms. The maximum Gasteiger partial charge on any atom is 0.239 e. The van der Waals surface area contributed by atoms with Crippen LogP contribution in [0.1, 0.15) is 59.3 Å². The number of rotatable bonds is 4. The van der Waals surface area contributed by atoms with Gasteiger partial charge < -0.3 is 10.6 Å².